The molecule has 0 bridgehead atoms. The molecule has 65 heavy (non-hydrogen) atoms. The van der Waals surface area contributed by atoms with Crippen LogP contribution in [0.5, 0.6) is 0 Å². The van der Waals surface area contributed by atoms with Crippen molar-refractivity contribution in [3.8, 4) is 62.4 Å². The summed E-state index contributed by atoms with van der Waals surface area (Å²) in [6.07, 6.45) is 2.18. The van der Waals surface area contributed by atoms with Crippen molar-refractivity contribution in [2.75, 3.05) is 0 Å². The van der Waals surface area contributed by atoms with Crippen molar-refractivity contribution >= 4 is 54.5 Å². The predicted octanol–water partition coefficient (Wildman–Crippen LogP) is 14.7. The average molecular weight is 831 g/mol. The number of para-hydroxylation sites is 3. The summed E-state index contributed by atoms with van der Waals surface area (Å²) in [6, 6.07) is 79.5. The van der Waals surface area contributed by atoms with Gasteiger partial charge in [0.2, 0.25) is 0 Å². The van der Waals surface area contributed by atoms with Gasteiger partial charge in [0.15, 0.2) is 17.5 Å². The number of nitrogens with zero attached hydrogens (tertiary/aromatic N) is 6. The molecule has 0 aliphatic carbocycles. The van der Waals surface area contributed by atoms with E-state index in [2.05, 4.69) is 184 Å². The van der Waals surface area contributed by atoms with Crippen LogP contribution in [0.1, 0.15) is 0 Å². The molecule has 0 saturated heterocycles. The number of hydrogen-bond acceptors (Lipinski definition) is 3. The van der Waals surface area contributed by atoms with E-state index in [4.69, 9.17) is 15.0 Å². The van der Waals surface area contributed by atoms with Crippen LogP contribution in [0.15, 0.2) is 231 Å². The number of aromatic nitrogens is 6. The molecule has 9 aromatic carbocycles. The lowest BCUT2D eigenvalue weighted by atomic mass is 10.0. The number of rotatable bonds is 7. The zero-order valence-corrected chi connectivity index (χ0v) is 35.1. The van der Waals surface area contributed by atoms with Crippen molar-refractivity contribution in [2.24, 2.45) is 0 Å². The third-order valence-corrected chi connectivity index (χ3v) is 12.7. The largest absolute Gasteiger partial charge is 0.316 e. The fourth-order valence-electron chi connectivity index (χ4n) is 9.63. The van der Waals surface area contributed by atoms with Gasteiger partial charge in [-0.2, -0.15) is 0 Å². The zero-order valence-electron chi connectivity index (χ0n) is 35.1. The van der Waals surface area contributed by atoms with E-state index in [0.29, 0.717) is 17.5 Å². The minimum absolute atomic E-state index is 0.632. The van der Waals surface area contributed by atoms with Crippen molar-refractivity contribution in [1.29, 1.82) is 0 Å². The maximum atomic E-state index is 5.01. The summed E-state index contributed by atoms with van der Waals surface area (Å²) < 4.78 is 7.14. The van der Waals surface area contributed by atoms with Gasteiger partial charge >= 0.3 is 0 Å². The Balaban J connectivity index is 0.985. The van der Waals surface area contributed by atoms with Crippen LogP contribution in [-0.2, 0) is 0 Å². The maximum Gasteiger partial charge on any atom is 0.164 e. The molecular weight excluding hydrogens is 793 g/mol. The molecule has 0 N–H and O–H groups in total. The molecule has 0 aliphatic heterocycles. The van der Waals surface area contributed by atoms with Gasteiger partial charge < -0.3 is 13.7 Å². The molecular formula is C59H38N6. The van der Waals surface area contributed by atoms with Crippen molar-refractivity contribution in [2.45, 2.75) is 0 Å². The summed E-state index contributed by atoms with van der Waals surface area (Å²) in [4.78, 5) is 14.9. The van der Waals surface area contributed by atoms with Gasteiger partial charge in [-0.1, -0.05) is 146 Å². The molecule has 13 rings (SSSR count). The van der Waals surface area contributed by atoms with Gasteiger partial charge in [-0.3, -0.25) is 0 Å². The van der Waals surface area contributed by atoms with E-state index in [1.165, 1.54) is 38.0 Å². The summed E-state index contributed by atoms with van der Waals surface area (Å²) in [5.41, 5.74) is 14.2. The van der Waals surface area contributed by atoms with E-state index < -0.39 is 0 Å². The van der Waals surface area contributed by atoms with Gasteiger partial charge in [0.05, 0.1) is 27.6 Å². The van der Waals surface area contributed by atoms with Crippen LogP contribution in [0.3, 0.4) is 0 Å². The Hall–Kier alpha value is -8.87. The fraction of sp³-hybridized carbons (Fsp3) is 0. The van der Waals surface area contributed by atoms with Crippen LogP contribution in [-0.4, -0.2) is 28.7 Å². The van der Waals surface area contributed by atoms with Crippen molar-refractivity contribution in [1.82, 2.24) is 28.7 Å². The molecule has 0 unspecified atom stereocenters. The summed E-state index contributed by atoms with van der Waals surface area (Å²) in [5.74, 6) is 1.92. The fourth-order valence-corrected chi connectivity index (χ4v) is 9.63. The van der Waals surface area contributed by atoms with Crippen molar-refractivity contribution in [3.63, 3.8) is 0 Å². The number of hydrogen-bond donors (Lipinski definition) is 0. The molecule has 0 atom stereocenters. The van der Waals surface area contributed by atoms with Crippen LogP contribution in [0.25, 0.3) is 117 Å². The first-order chi connectivity index (χ1) is 32.2. The summed E-state index contributed by atoms with van der Waals surface area (Å²) in [6.45, 7) is 0. The molecule has 304 valence electrons. The van der Waals surface area contributed by atoms with Crippen LogP contribution >= 0.6 is 0 Å². The number of benzene rings is 9. The van der Waals surface area contributed by atoms with E-state index in [-0.39, 0.29) is 0 Å². The SMILES string of the molecule is c1ccc(-c2nc(-c3ccccc3)nc(-c3cccc(-c4ccc(-n5c6cc7c(ccn7-c7ccccc7)cc6c6cc7c8ccccc8n(-c8ccccc8)c7cc65)cc4)c3)n2)cc1. The molecule has 13 aromatic rings. The maximum absolute atomic E-state index is 5.01. The summed E-state index contributed by atoms with van der Waals surface area (Å²) in [5, 5.41) is 6.11. The minimum Gasteiger partial charge on any atom is -0.316 e. The Morgan fingerprint density at radius 2 is 0.738 bits per heavy atom. The highest BCUT2D eigenvalue weighted by Gasteiger charge is 2.20. The number of fused-ring (bicyclic) bond motifs is 7. The Morgan fingerprint density at radius 1 is 0.262 bits per heavy atom. The van der Waals surface area contributed by atoms with Crippen LogP contribution < -0.4 is 0 Å². The predicted molar refractivity (Wildman–Crippen MR) is 267 cm³/mol. The second-order valence-electron chi connectivity index (χ2n) is 16.5. The first kappa shape index (κ1) is 36.8. The Labute approximate surface area is 374 Å². The molecule has 0 radical (unpaired) electrons. The van der Waals surface area contributed by atoms with Gasteiger partial charge in [-0.15, -0.1) is 0 Å². The standard InChI is InChI=1S/C59H38N6/c1-5-16-40(17-6-1)57-60-58(41-18-7-2-8-19-41)62-59(61-57)44-21-15-20-42(34-44)39-28-30-47(31-29-39)65-54-37-53-43(32-33-63(53)45-22-9-3-10-23-45)35-49(54)51-36-50-48-26-13-14-27-52(48)64(55(50)38-56(51)65)46-24-11-4-12-25-46/h1-38H. The molecule has 0 spiro atoms. The monoisotopic (exact) mass is 830 g/mol. The Bertz CT molecular complexity index is 3850. The quantitative estimate of drug-likeness (QED) is 0.161. The second kappa shape index (κ2) is 14.9. The highest BCUT2D eigenvalue weighted by atomic mass is 15.0. The van der Waals surface area contributed by atoms with Gasteiger partial charge in [0.1, 0.15) is 0 Å². The zero-order chi connectivity index (χ0) is 42.8. The Morgan fingerprint density at radius 3 is 1.40 bits per heavy atom. The van der Waals surface area contributed by atoms with Crippen LogP contribution in [0.4, 0.5) is 0 Å². The second-order valence-corrected chi connectivity index (χ2v) is 16.5. The van der Waals surface area contributed by atoms with Gasteiger partial charge in [-0.25, -0.2) is 15.0 Å². The molecule has 6 nitrogen and oxygen atoms in total. The van der Waals surface area contributed by atoms with Gasteiger partial charge in [0, 0.05) is 66.9 Å². The molecule has 6 heteroatoms. The molecule has 4 heterocycles. The lowest BCUT2D eigenvalue weighted by molar-refractivity contribution is 1.07. The first-order valence-electron chi connectivity index (χ1n) is 21.9. The normalized spacial score (nSPS) is 11.7. The third-order valence-electron chi connectivity index (χ3n) is 12.7. The minimum atomic E-state index is 0.632. The van der Waals surface area contributed by atoms with E-state index in [0.717, 1.165) is 61.4 Å². The molecule has 0 amide bonds. The van der Waals surface area contributed by atoms with Crippen molar-refractivity contribution in [3.05, 3.63) is 231 Å². The summed E-state index contributed by atoms with van der Waals surface area (Å²) in [7, 11) is 0. The highest BCUT2D eigenvalue weighted by molar-refractivity contribution is 6.20. The molecule has 0 aliphatic rings. The van der Waals surface area contributed by atoms with E-state index in [1.807, 2.05) is 60.7 Å². The third kappa shape index (κ3) is 6.15. The van der Waals surface area contributed by atoms with E-state index >= 15 is 0 Å². The molecule has 0 saturated carbocycles. The van der Waals surface area contributed by atoms with Gasteiger partial charge in [-0.05, 0) is 90.0 Å². The van der Waals surface area contributed by atoms with Crippen LogP contribution in [0.2, 0.25) is 0 Å². The van der Waals surface area contributed by atoms with Gasteiger partial charge in [0.25, 0.3) is 0 Å². The van der Waals surface area contributed by atoms with E-state index in [9.17, 15) is 0 Å². The summed E-state index contributed by atoms with van der Waals surface area (Å²) >= 11 is 0. The van der Waals surface area contributed by atoms with Crippen molar-refractivity contribution < 1.29 is 0 Å². The molecule has 0 fully saturated rings. The smallest absolute Gasteiger partial charge is 0.164 e. The highest BCUT2D eigenvalue weighted by Crippen LogP contribution is 2.41. The van der Waals surface area contributed by atoms with E-state index in [1.54, 1.807) is 0 Å². The lowest BCUT2D eigenvalue weighted by Crippen LogP contribution is -2.00. The Kier molecular flexibility index (Phi) is 8.42. The molecule has 4 aromatic heterocycles. The van der Waals surface area contributed by atoms with Crippen LogP contribution in [0, 0.1) is 0 Å². The lowest BCUT2D eigenvalue weighted by Gasteiger charge is -2.12. The topological polar surface area (TPSA) is 53.5 Å². The average Bonchev–Trinajstić information content (AvgIpc) is 4.05. The first-order valence-corrected chi connectivity index (χ1v) is 21.9.